The van der Waals surface area contributed by atoms with E-state index in [1.54, 1.807) is 36.4 Å². The summed E-state index contributed by atoms with van der Waals surface area (Å²) in [5.74, 6) is -1.95. The van der Waals surface area contributed by atoms with Gasteiger partial charge >= 0.3 is 5.97 Å². The zero-order chi connectivity index (χ0) is 25.7. The SMILES string of the molecule is CCCC(=O)Nc1ccc(N2CCN(C(c3ccc(F)cc3)c3ccc(F)cc3)CC2)cc1C(=O)O. The molecule has 3 aromatic rings. The highest BCUT2D eigenvalue weighted by Gasteiger charge is 2.27. The quantitative estimate of drug-likeness (QED) is 0.445. The standard InChI is InChI=1S/C28H29F2N3O3/c1-2-3-26(34)31-25-13-12-23(18-24(25)28(35)36)32-14-16-33(17-15-32)27(19-4-8-21(29)9-5-19)20-6-10-22(30)11-7-20/h4-13,18,27H,2-3,14-17H2,1H3,(H,31,34)(H,35,36). The van der Waals surface area contributed by atoms with E-state index in [2.05, 4.69) is 15.1 Å². The summed E-state index contributed by atoms with van der Waals surface area (Å²) in [6, 6.07) is 17.6. The molecule has 6 nitrogen and oxygen atoms in total. The molecule has 8 heteroatoms. The summed E-state index contributed by atoms with van der Waals surface area (Å²) >= 11 is 0. The van der Waals surface area contributed by atoms with Crippen molar-refractivity contribution in [3.8, 4) is 0 Å². The minimum Gasteiger partial charge on any atom is -0.478 e. The predicted molar refractivity (Wildman–Crippen MR) is 135 cm³/mol. The molecule has 0 aromatic heterocycles. The van der Waals surface area contributed by atoms with Gasteiger partial charge in [-0.3, -0.25) is 9.69 Å². The molecule has 0 spiro atoms. The molecule has 0 saturated carbocycles. The Bertz CT molecular complexity index is 1160. The number of nitrogens with one attached hydrogen (secondary N) is 1. The molecule has 1 heterocycles. The van der Waals surface area contributed by atoms with Crippen molar-refractivity contribution in [1.29, 1.82) is 0 Å². The number of carbonyl (C=O) groups excluding carboxylic acids is 1. The van der Waals surface area contributed by atoms with Crippen molar-refractivity contribution in [1.82, 2.24) is 4.90 Å². The smallest absolute Gasteiger partial charge is 0.337 e. The Morgan fingerprint density at radius 2 is 1.44 bits per heavy atom. The van der Waals surface area contributed by atoms with Gasteiger partial charge in [0, 0.05) is 38.3 Å². The first-order valence-corrected chi connectivity index (χ1v) is 12.0. The van der Waals surface area contributed by atoms with Crippen LogP contribution in [-0.4, -0.2) is 48.1 Å². The van der Waals surface area contributed by atoms with E-state index < -0.39 is 5.97 Å². The van der Waals surface area contributed by atoms with Crippen molar-refractivity contribution in [3.63, 3.8) is 0 Å². The van der Waals surface area contributed by atoms with Crippen LogP contribution < -0.4 is 10.2 Å². The van der Waals surface area contributed by atoms with Crippen LogP contribution in [0.25, 0.3) is 0 Å². The molecule has 0 aliphatic carbocycles. The summed E-state index contributed by atoms with van der Waals surface area (Å²) in [6.07, 6.45) is 0.999. The molecule has 0 atom stereocenters. The number of carbonyl (C=O) groups is 2. The van der Waals surface area contributed by atoms with Crippen LogP contribution in [0.2, 0.25) is 0 Å². The summed E-state index contributed by atoms with van der Waals surface area (Å²) in [6.45, 7) is 4.49. The van der Waals surface area contributed by atoms with E-state index in [0.29, 0.717) is 39.0 Å². The van der Waals surface area contributed by atoms with Gasteiger partial charge in [-0.2, -0.15) is 0 Å². The molecule has 0 unspecified atom stereocenters. The Balaban J connectivity index is 1.53. The van der Waals surface area contributed by atoms with Gasteiger partial charge in [0.1, 0.15) is 11.6 Å². The van der Waals surface area contributed by atoms with Gasteiger partial charge in [0.2, 0.25) is 5.91 Å². The molecule has 3 aromatic carbocycles. The fourth-order valence-electron chi connectivity index (χ4n) is 4.60. The van der Waals surface area contributed by atoms with Gasteiger partial charge in [0.25, 0.3) is 0 Å². The predicted octanol–water partition coefficient (Wildman–Crippen LogP) is 5.31. The van der Waals surface area contributed by atoms with Crippen LogP contribution in [0.15, 0.2) is 66.7 Å². The molecular weight excluding hydrogens is 464 g/mol. The first-order chi connectivity index (χ1) is 17.4. The van der Waals surface area contributed by atoms with Gasteiger partial charge in [-0.05, 0) is 60.0 Å². The number of benzene rings is 3. The lowest BCUT2D eigenvalue weighted by molar-refractivity contribution is -0.116. The van der Waals surface area contributed by atoms with Gasteiger partial charge in [-0.25, -0.2) is 13.6 Å². The summed E-state index contributed by atoms with van der Waals surface area (Å²) in [5, 5.41) is 12.4. The van der Waals surface area contributed by atoms with Gasteiger partial charge in [0.15, 0.2) is 0 Å². The van der Waals surface area contributed by atoms with Gasteiger partial charge in [0.05, 0.1) is 17.3 Å². The van der Waals surface area contributed by atoms with Crippen molar-refractivity contribution in [2.24, 2.45) is 0 Å². The van der Waals surface area contributed by atoms with Gasteiger partial charge in [-0.1, -0.05) is 31.2 Å². The summed E-state index contributed by atoms with van der Waals surface area (Å²) < 4.78 is 27.2. The first-order valence-electron chi connectivity index (χ1n) is 12.0. The lowest BCUT2D eigenvalue weighted by Gasteiger charge is -2.40. The minimum atomic E-state index is -1.10. The monoisotopic (exact) mass is 493 g/mol. The molecule has 188 valence electrons. The Hall–Kier alpha value is -3.78. The number of nitrogens with zero attached hydrogens (tertiary/aromatic N) is 2. The molecule has 1 fully saturated rings. The Morgan fingerprint density at radius 3 is 1.94 bits per heavy atom. The third-order valence-electron chi connectivity index (χ3n) is 6.40. The number of carboxylic acids is 1. The fourth-order valence-corrected chi connectivity index (χ4v) is 4.60. The minimum absolute atomic E-state index is 0.0508. The molecule has 4 rings (SSSR count). The van der Waals surface area contributed by atoms with E-state index in [4.69, 9.17) is 0 Å². The molecule has 1 amide bonds. The number of carboxylic acid groups (broad SMARTS) is 1. The van der Waals surface area contributed by atoms with Crippen LogP contribution in [-0.2, 0) is 4.79 Å². The largest absolute Gasteiger partial charge is 0.478 e. The number of hydrogen-bond acceptors (Lipinski definition) is 4. The van der Waals surface area contributed by atoms with E-state index >= 15 is 0 Å². The lowest BCUT2D eigenvalue weighted by Crippen LogP contribution is -2.48. The second-order valence-corrected chi connectivity index (χ2v) is 8.86. The lowest BCUT2D eigenvalue weighted by atomic mass is 9.96. The van der Waals surface area contributed by atoms with Crippen molar-refractivity contribution in [3.05, 3.63) is 95.1 Å². The normalized spacial score (nSPS) is 14.2. The highest BCUT2D eigenvalue weighted by atomic mass is 19.1. The van der Waals surface area contributed by atoms with Gasteiger partial charge < -0.3 is 15.3 Å². The Labute approximate surface area is 209 Å². The van der Waals surface area contributed by atoms with E-state index in [1.165, 1.54) is 24.3 Å². The maximum absolute atomic E-state index is 13.6. The summed E-state index contributed by atoms with van der Waals surface area (Å²) in [7, 11) is 0. The molecule has 1 saturated heterocycles. The second-order valence-electron chi connectivity index (χ2n) is 8.86. The van der Waals surface area contributed by atoms with Crippen molar-refractivity contribution < 1.29 is 23.5 Å². The van der Waals surface area contributed by atoms with Crippen LogP contribution >= 0.6 is 0 Å². The Kier molecular flexibility index (Phi) is 7.95. The molecule has 36 heavy (non-hydrogen) atoms. The highest BCUT2D eigenvalue weighted by molar-refractivity contribution is 6.01. The summed E-state index contributed by atoms with van der Waals surface area (Å²) in [5.41, 5.74) is 2.93. The maximum atomic E-state index is 13.6. The highest BCUT2D eigenvalue weighted by Crippen LogP contribution is 2.32. The third kappa shape index (κ3) is 5.88. The average Bonchev–Trinajstić information content (AvgIpc) is 2.87. The number of halogens is 2. The summed E-state index contributed by atoms with van der Waals surface area (Å²) in [4.78, 5) is 28.2. The number of rotatable bonds is 8. The average molecular weight is 494 g/mol. The molecule has 1 aliphatic rings. The molecule has 0 radical (unpaired) electrons. The Morgan fingerprint density at radius 1 is 0.889 bits per heavy atom. The van der Waals surface area contributed by atoms with Crippen molar-refractivity contribution in [2.45, 2.75) is 25.8 Å². The number of piperazine rings is 1. The van der Waals surface area contributed by atoms with Crippen LogP contribution in [0.1, 0.15) is 47.3 Å². The number of anilines is 2. The van der Waals surface area contributed by atoms with Gasteiger partial charge in [-0.15, -0.1) is 0 Å². The number of aromatic carboxylic acids is 1. The maximum Gasteiger partial charge on any atom is 0.337 e. The second kappa shape index (κ2) is 11.3. The van der Waals surface area contributed by atoms with Crippen LogP contribution in [0.5, 0.6) is 0 Å². The van der Waals surface area contributed by atoms with Crippen LogP contribution in [0, 0.1) is 11.6 Å². The number of hydrogen-bond donors (Lipinski definition) is 2. The zero-order valence-electron chi connectivity index (χ0n) is 20.1. The van der Waals surface area contributed by atoms with E-state index in [-0.39, 0.29) is 34.8 Å². The van der Waals surface area contributed by atoms with E-state index in [9.17, 15) is 23.5 Å². The zero-order valence-corrected chi connectivity index (χ0v) is 20.1. The fraction of sp³-hybridized carbons (Fsp3) is 0.286. The van der Waals surface area contributed by atoms with E-state index in [0.717, 1.165) is 16.8 Å². The third-order valence-corrected chi connectivity index (χ3v) is 6.40. The molecule has 1 aliphatic heterocycles. The molecule has 2 N–H and O–H groups in total. The molecule has 0 bridgehead atoms. The van der Waals surface area contributed by atoms with Crippen molar-refractivity contribution >= 4 is 23.3 Å². The van der Waals surface area contributed by atoms with E-state index in [1.807, 2.05) is 13.0 Å². The van der Waals surface area contributed by atoms with Crippen LogP contribution in [0.4, 0.5) is 20.2 Å². The van der Waals surface area contributed by atoms with Crippen LogP contribution in [0.3, 0.4) is 0 Å². The number of amides is 1. The topological polar surface area (TPSA) is 72.9 Å². The first kappa shape index (κ1) is 25.3. The molecular formula is C28H29F2N3O3. The van der Waals surface area contributed by atoms with Crippen molar-refractivity contribution in [2.75, 3.05) is 36.4 Å².